The van der Waals surface area contributed by atoms with Crippen molar-refractivity contribution in [2.75, 3.05) is 26.7 Å². The van der Waals surface area contributed by atoms with E-state index in [0.29, 0.717) is 6.04 Å². The van der Waals surface area contributed by atoms with Gasteiger partial charge in [-0.3, -0.25) is 4.68 Å². The SMILES string of the molecule is COc1ccc2cnn([C@@H]3CN4CCC3CC4)c2c1Br. The van der Waals surface area contributed by atoms with Gasteiger partial charge in [-0.15, -0.1) is 0 Å². The first-order valence-corrected chi connectivity index (χ1v) is 7.99. The van der Waals surface area contributed by atoms with Crippen LogP contribution in [-0.2, 0) is 0 Å². The highest BCUT2D eigenvalue weighted by atomic mass is 79.9. The van der Waals surface area contributed by atoms with E-state index in [9.17, 15) is 0 Å². The molecule has 3 fully saturated rings. The van der Waals surface area contributed by atoms with Gasteiger partial charge in [0.1, 0.15) is 5.75 Å². The topological polar surface area (TPSA) is 30.3 Å². The van der Waals surface area contributed by atoms with Crippen LogP contribution in [-0.4, -0.2) is 41.4 Å². The molecule has 0 radical (unpaired) electrons. The van der Waals surface area contributed by atoms with Gasteiger partial charge in [0.15, 0.2) is 0 Å². The molecular formula is C15H18BrN3O. The molecule has 1 aromatic carbocycles. The van der Waals surface area contributed by atoms with Gasteiger partial charge in [0.05, 0.1) is 29.3 Å². The average molecular weight is 336 g/mol. The summed E-state index contributed by atoms with van der Waals surface area (Å²) in [5.41, 5.74) is 1.17. The molecule has 2 aromatic rings. The number of hydrogen-bond donors (Lipinski definition) is 0. The van der Waals surface area contributed by atoms with Gasteiger partial charge in [0.25, 0.3) is 0 Å². The maximum Gasteiger partial charge on any atom is 0.135 e. The van der Waals surface area contributed by atoms with Crippen molar-refractivity contribution in [2.45, 2.75) is 18.9 Å². The number of hydrogen-bond acceptors (Lipinski definition) is 3. The molecule has 3 aliphatic rings. The zero-order valence-corrected chi connectivity index (χ0v) is 13.1. The number of fused-ring (bicyclic) bond motifs is 4. The minimum Gasteiger partial charge on any atom is -0.495 e. The summed E-state index contributed by atoms with van der Waals surface area (Å²) in [6.45, 7) is 3.64. The monoisotopic (exact) mass is 335 g/mol. The minimum atomic E-state index is 0.499. The van der Waals surface area contributed by atoms with E-state index in [1.54, 1.807) is 7.11 Å². The van der Waals surface area contributed by atoms with E-state index in [1.807, 2.05) is 12.3 Å². The molecule has 5 rings (SSSR count). The van der Waals surface area contributed by atoms with Crippen molar-refractivity contribution in [2.24, 2.45) is 5.92 Å². The zero-order valence-electron chi connectivity index (χ0n) is 11.6. The van der Waals surface area contributed by atoms with Crippen molar-refractivity contribution in [1.82, 2.24) is 14.7 Å². The summed E-state index contributed by atoms with van der Waals surface area (Å²) in [7, 11) is 1.71. The highest BCUT2D eigenvalue weighted by Gasteiger charge is 2.36. The number of rotatable bonds is 2. The lowest BCUT2D eigenvalue weighted by Crippen LogP contribution is -2.48. The number of ether oxygens (including phenoxy) is 1. The number of piperidine rings is 3. The van der Waals surface area contributed by atoms with Crippen LogP contribution in [0.3, 0.4) is 0 Å². The molecule has 20 heavy (non-hydrogen) atoms. The highest BCUT2D eigenvalue weighted by Crippen LogP contribution is 2.40. The predicted molar refractivity (Wildman–Crippen MR) is 82.2 cm³/mol. The van der Waals surface area contributed by atoms with Gasteiger partial charge in [-0.1, -0.05) is 0 Å². The minimum absolute atomic E-state index is 0.499. The third-order valence-corrected chi connectivity index (χ3v) is 5.58. The Morgan fingerprint density at radius 2 is 2.10 bits per heavy atom. The molecule has 4 heterocycles. The van der Waals surface area contributed by atoms with Gasteiger partial charge in [0, 0.05) is 11.9 Å². The molecule has 0 spiro atoms. The van der Waals surface area contributed by atoms with E-state index in [0.717, 1.165) is 22.7 Å². The Bertz CT molecular complexity index is 646. The van der Waals surface area contributed by atoms with Crippen molar-refractivity contribution >= 4 is 26.8 Å². The summed E-state index contributed by atoms with van der Waals surface area (Å²) in [5, 5.41) is 5.85. The largest absolute Gasteiger partial charge is 0.495 e. The molecule has 1 atom stereocenters. The molecule has 4 nitrogen and oxygen atoms in total. The number of halogens is 1. The van der Waals surface area contributed by atoms with Gasteiger partial charge in [-0.2, -0.15) is 5.10 Å². The number of methoxy groups -OCH3 is 1. The lowest BCUT2D eigenvalue weighted by atomic mass is 9.84. The predicted octanol–water partition coefficient (Wildman–Crippen LogP) is 3.07. The van der Waals surface area contributed by atoms with Gasteiger partial charge in [0.2, 0.25) is 0 Å². The fourth-order valence-electron chi connectivity index (χ4n) is 3.70. The summed E-state index contributed by atoms with van der Waals surface area (Å²) >= 11 is 3.69. The summed E-state index contributed by atoms with van der Waals surface area (Å²) in [6.07, 6.45) is 4.57. The van der Waals surface area contributed by atoms with Crippen molar-refractivity contribution in [3.8, 4) is 5.75 Å². The third kappa shape index (κ3) is 1.79. The molecule has 0 saturated carbocycles. The van der Waals surface area contributed by atoms with Crippen molar-refractivity contribution in [3.63, 3.8) is 0 Å². The van der Waals surface area contributed by atoms with Crippen LogP contribution >= 0.6 is 15.9 Å². The normalized spacial score (nSPS) is 29.0. The van der Waals surface area contributed by atoms with E-state index in [4.69, 9.17) is 4.74 Å². The Hall–Kier alpha value is -1.07. The van der Waals surface area contributed by atoms with Crippen LogP contribution in [0.4, 0.5) is 0 Å². The lowest BCUT2D eigenvalue weighted by Gasteiger charge is -2.44. The van der Waals surface area contributed by atoms with Crippen LogP contribution in [0.5, 0.6) is 5.75 Å². The third-order valence-electron chi connectivity index (χ3n) is 4.82. The fraction of sp³-hybridized carbons (Fsp3) is 0.533. The van der Waals surface area contributed by atoms with Gasteiger partial charge in [-0.25, -0.2) is 0 Å². The van der Waals surface area contributed by atoms with E-state index >= 15 is 0 Å². The number of nitrogens with zero attached hydrogens (tertiary/aromatic N) is 3. The zero-order chi connectivity index (χ0) is 13.7. The van der Waals surface area contributed by atoms with Crippen molar-refractivity contribution in [1.29, 1.82) is 0 Å². The maximum absolute atomic E-state index is 5.43. The summed E-state index contributed by atoms with van der Waals surface area (Å²) in [5.74, 6) is 1.64. The molecule has 0 amide bonds. The first kappa shape index (κ1) is 12.7. The second kappa shape index (κ2) is 4.74. The molecule has 3 saturated heterocycles. The summed E-state index contributed by atoms with van der Waals surface area (Å²) in [4.78, 5) is 2.56. The van der Waals surface area contributed by atoms with Crippen molar-refractivity contribution in [3.05, 3.63) is 22.8 Å². The van der Waals surface area contributed by atoms with Gasteiger partial charge < -0.3 is 9.64 Å². The second-order valence-electron chi connectivity index (χ2n) is 5.81. The number of benzene rings is 1. The van der Waals surface area contributed by atoms with Crippen LogP contribution < -0.4 is 4.74 Å². The standard InChI is InChI=1S/C15H18BrN3O/c1-20-13-3-2-11-8-17-19(15(11)14(13)16)12-9-18-6-4-10(12)5-7-18/h2-3,8,10,12H,4-7,9H2,1H3/t12-/m1/s1. The lowest BCUT2D eigenvalue weighted by molar-refractivity contribution is 0.0533. The first-order valence-electron chi connectivity index (χ1n) is 7.20. The average Bonchev–Trinajstić information content (AvgIpc) is 2.93. The Kier molecular flexibility index (Phi) is 3.00. The van der Waals surface area contributed by atoms with Crippen LogP contribution in [0.1, 0.15) is 18.9 Å². The summed E-state index contributed by atoms with van der Waals surface area (Å²) < 4.78 is 8.67. The van der Waals surface area contributed by atoms with E-state index in [1.165, 1.54) is 36.8 Å². The molecule has 0 N–H and O–H groups in total. The molecule has 1 aromatic heterocycles. The van der Waals surface area contributed by atoms with Crippen LogP contribution in [0.2, 0.25) is 0 Å². The maximum atomic E-state index is 5.43. The molecular weight excluding hydrogens is 318 g/mol. The van der Waals surface area contributed by atoms with Gasteiger partial charge >= 0.3 is 0 Å². The molecule has 106 valence electrons. The fourth-order valence-corrected chi connectivity index (χ4v) is 4.40. The van der Waals surface area contributed by atoms with Crippen LogP contribution in [0.15, 0.2) is 22.8 Å². The van der Waals surface area contributed by atoms with E-state index in [2.05, 4.69) is 36.7 Å². The van der Waals surface area contributed by atoms with E-state index < -0.39 is 0 Å². The molecule has 0 unspecified atom stereocenters. The smallest absolute Gasteiger partial charge is 0.135 e. The molecule has 5 heteroatoms. The first-order chi connectivity index (χ1) is 9.78. The number of aromatic nitrogens is 2. The molecule has 2 bridgehead atoms. The van der Waals surface area contributed by atoms with Crippen molar-refractivity contribution < 1.29 is 4.74 Å². The van der Waals surface area contributed by atoms with Crippen LogP contribution in [0.25, 0.3) is 10.9 Å². The Labute approximate surface area is 126 Å². The quantitative estimate of drug-likeness (QED) is 0.844. The molecule has 3 aliphatic heterocycles. The molecule has 0 aliphatic carbocycles. The Morgan fingerprint density at radius 3 is 2.75 bits per heavy atom. The Morgan fingerprint density at radius 1 is 1.30 bits per heavy atom. The summed E-state index contributed by atoms with van der Waals surface area (Å²) in [6, 6.07) is 4.58. The highest BCUT2D eigenvalue weighted by molar-refractivity contribution is 9.10. The van der Waals surface area contributed by atoms with E-state index in [-0.39, 0.29) is 0 Å². The second-order valence-corrected chi connectivity index (χ2v) is 6.61. The Balaban J connectivity index is 1.84. The van der Waals surface area contributed by atoms with Crippen LogP contribution in [0, 0.1) is 5.92 Å². The van der Waals surface area contributed by atoms with Gasteiger partial charge in [-0.05, 0) is 59.9 Å².